The smallest absolute Gasteiger partial charge is 0.244 e. The normalized spacial score (nSPS) is 11.6. The summed E-state index contributed by atoms with van der Waals surface area (Å²) in [6, 6.07) is 7.65. The lowest BCUT2D eigenvalue weighted by molar-refractivity contribution is -0.116. The zero-order chi connectivity index (χ0) is 20.6. The molecule has 0 atom stereocenters. The van der Waals surface area contributed by atoms with Crippen LogP contribution in [0.5, 0.6) is 0 Å². The summed E-state index contributed by atoms with van der Waals surface area (Å²) in [6.45, 7) is 5.84. The number of rotatable bonds is 9. The SMILES string of the molecule is CSc1nnc(CCCNC(=O)/C=C/c2cnc3ccccc3n2)n1CC(C)C. The van der Waals surface area contributed by atoms with E-state index in [9.17, 15) is 4.79 Å². The largest absolute Gasteiger partial charge is 0.353 e. The van der Waals surface area contributed by atoms with Crippen molar-refractivity contribution in [2.45, 2.75) is 38.4 Å². The zero-order valence-corrected chi connectivity index (χ0v) is 17.8. The van der Waals surface area contributed by atoms with Gasteiger partial charge in [0.05, 0.1) is 22.9 Å². The molecule has 0 radical (unpaired) electrons. The van der Waals surface area contributed by atoms with E-state index < -0.39 is 0 Å². The summed E-state index contributed by atoms with van der Waals surface area (Å²) in [4.78, 5) is 20.9. The van der Waals surface area contributed by atoms with Gasteiger partial charge >= 0.3 is 0 Å². The summed E-state index contributed by atoms with van der Waals surface area (Å²) in [5.41, 5.74) is 2.31. The highest BCUT2D eigenvalue weighted by atomic mass is 32.2. The first kappa shape index (κ1) is 21.0. The van der Waals surface area contributed by atoms with Crippen molar-refractivity contribution in [1.29, 1.82) is 0 Å². The Balaban J connectivity index is 1.48. The van der Waals surface area contributed by atoms with Gasteiger partial charge in [-0.15, -0.1) is 10.2 Å². The molecule has 3 rings (SSSR count). The number of hydrogen-bond donors (Lipinski definition) is 1. The Labute approximate surface area is 175 Å². The van der Waals surface area contributed by atoms with Crippen LogP contribution in [0.4, 0.5) is 0 Å². The van der Waals surface area contributed by atoms with E-state index in [1.54, 1.807) is 24.0 Å². The van der Waals surface area contributed by atoms with Gasteiger partial charge in [-0.25, -0.2) is 4.98 Å². The van der Waals surface area contributed by atoms with Gasteiger partial charge in [0.25, 0.3) is 0 Å². The van der Waals surface area contributed by atoms with Crippen LogP contribution >= 0.6 is 11.8 Å². The highest BCUT2D eigenvalue weighted by Crippen LogP contribution is 2.16. The Morgan fingerprint density at radius 1 is 1.24 bits per heavy atom. The molecule has 0 aliphatic rings. The first-order valence-corrected chi connectivity index (χ1v) is 10.9. The van der Waals surface area contributed by atoms with Gasteiger partial charge in [-0.3, -0.25) is 9.78 Å². The van der Waals surface area contributed by atoms with Crippen LogP contribution in [0.1, 0.15) is 31.8 Å². The van der Waals surface area contributed by atoms with Gasteiger partial charge in [0.2, 0.25) is 5.91 Å². The van der Waals surface area contributed by atoms with Crippen molar-refractivity contribution in [2.24, 2.45) is 5.92 Å². The fourth-order valence-corrected chi connectivity index (χ4v) is 3.46. The Morgan fingerprint density at radius 3 is 2.79 bits per heavy atom. The second-order valence-electron chi connectivity index (χ2n) is 7.12. The molecule has 0 unspecified atom stereocenters. The number of hydrogen-bond acceptors (Lipinski definition) is 6. The standard InChI is InChI=1S/C21H26N6OS/c1-15(2)14-27-19(25-26-21(27)29-3)9-6-12-22-20(28)11-10-16-13-23-17-7-4-5-8-18(17)24-16/h4-5,7-8,10-11,13,15H,6,9,12,14H2,1-3H3,(H,22,28)/b11-10+. The summed E-state index contributed by atoms with van der Waals surface area (Å²) >= 11 is 1.61. The minimum absolute atomic E-state index is 0.145. The lowest BCUT2D eigenvalue weighted by Crippen LogP contribution is -2.23. The van der Waals surface area contributed by atoms with Crippen molar-refractivity contribution in [3.8, 4) is 0 Å². The predicted octanol–water partition coefficient (Wildman–Crippen LogP) is 3.36. The molecule has 0 saturated carbocycles. The average Bonchev–Trinajstić information content (AvgIpc) is 3.10. The maximum atomic E-state index is 12.1. The number of fused-ring (bicyclic) bond motifs is 1. The first-order chi connectivity index (χ1) is 14.1. The molecular formula is C21H26N6OS. The topological polar surface area (TPSA) is 85.6 Å². The van der Waals surface area contributed by atoms with E-state index in [1.807, 2.05) is 30.5 Å². The molecule has 152 valence electrons. The van der Waals surface area contributed by atoms with Crippen molar-refractivity contribution in [2.75, 3.05) is 12.8 Å². The summed E-state index contributed by atoms with van der Waals surface area (Å²) < 4.78 is 2.18. The summed E-state index contributed by atoms with van der Waals surface area (Å²) in [6.07, 6.45) is 8.43. The number of para-hydroxylation sites is 2. The lowest BCUT2D eigenvalue weighted by Gasteiger charge is -2.11. The number of amides is 1. The zero-order valence-electron chi connectivity index (χ0n) is 17.0. The molecule has 0 bridgehead atoms. The van der Waals surface area contributed by atoms with Gasteiger partial charge in [-0.2, -0.15) is 0 Å². The minimum Gasteiger partial charge on any atom is -0.353 e. The third kappa shape index (κ3) is 5.87. The predicted molar refractivity (Wildman–Crippen MR) is 117 cm³/mol. The number of thioether (sulfide) groups is 1. The van der Waals surface area contributed by atoms with Crippen LogP contribution in [0.15, 0.2) is 41.7 Å². The van der Waals surface area contributed by atoms with E-state index in [2.05, 4.69) is 43.9 Å². The van der Waals surface area contributed by atoms with Gasteiger partial charge < -0.3 is 9.88 Å². The molecule has 0 aliphatic carbocycles. The molecule has 29 heavy (non-hydrogen) atoms. The summed E-state index contributed by atoms with van der Waals surface area (Å²) in [5.74, 6) is 1.35. The molecule has 0 saturated heterocycles. The summed E-state index contributed by atoms with van der Waals surface area (Å²) in [5, 5.41) is 12.4. The van der Waals surface area contributed by atoms with Gasteiger partial charge in [-0.05, 0) is 36.8 Å². The number of carbonyl (C=O) groups excluding carboxylic acids is 1. The summed E-state index contributed by atoms with van der Waals surface area (Å²) in [7, 11) is 0. The molecule has 8 heteroatoms. The van der Waals surface area contributed by atoms with Gasteiger partial charge in [0, 0.05) is 25.6 Å². The van der Waals surface area contributed by atoms with Gasteiger partial charge in [-0.1, -0.05) is 37.7 Å². The van der Waals surface area contributed by atoms with Crippen LogP contribution in [0, 0.1) is 5.92 Å². The van der Waals surface area contributed by atoms with Crippen LogP contribution in [-0.4, -0.2) is 43.4 Å². The van der Waals surface area contributed by atoms with E-state index in [4.69, 9.17) is 0 Å². The Morgan fingerprint density at radius 2 is 2.03 bits per heavy atom. The number of benzene rings is 1. The van der Waals surface area contributed by atoms with Crippen molar-refractivity contribution in [3.63, 3.8) is 0 Å². The number of nitrogens with zero attached hydrogens (tertiary/aromatic N) is 5. The van der Waals surface area contributed by atoms with Crippen LogP contribution in [0.2, 0.25) is 0 Å². The monoisotopic (exact) mass is 410 g/mol. The third-order valence-corrected chi connectivity index (χ3v) is 4.94. The molecule has 1 aromatic carbocycles. The van der Waals surface area contributed by atoms with Crippen molar-refractivity contribution in [1.82, 2.24) is 30.0 Å². The van der Waals surface area contributed by atoms with Crippen LogP contribution < -0.4 is 5.32 Å². The Hall–Kier alpha value is -2.74. The highest BCUT2D eigenvalue weighted by Gasteiger charge is 2.12. The quantitative estimate of drug-likeness (QED) is 0.331. The van der Waals surface area contributed by atoms with E-state index in [-0.39, 0.29) is 5.91 Å². The van der Waals surface area contributed by atoms with Gasteiger partial charge in [0.1, 0.15) is 5.82 Å². The third-order valence-electron chi connectivity index (χ3n) is 4.27. The fourth-order valence-electron chi connectivity index (χ4n) is 2.93. The second kappa shape index (κ2) is 10.2. The molecule has 2 aromatic heterocycles. The number of nitrogens with one attached hydrogen (secondary N) is 1. The van der Waals surface area contributed by atoms with Crippen LogP contribution in [0.25, 0.3) is 17.1 Å². The minimum atomic E-state index is -0.145. The van der Waals surface area contributed by atoms with Crippen molar-refractivity contribution >= 4 is 34.8 Å². The molecule has 0 spiro atoms. The Kier molecular flexibility index (Phi) is 7.35. The molecule has 3 aromatic rings. The second-order valence-corrected chi connectivity index (χ2v) is 7.89. The van der Waals surface area contributed by atoms with Gasteiger partial charge in [0.15, 0.2) is 5.16 Å². The highest BCUT2D eigenvalue weighted by molar-refractivity contribution is 7.98. The molecule has 1 N–H and O–H groups in total. The maximum Gasteiger partial charge on any atom is 0.244 e. The maximum absolute atomic E-state index is 12.1. The molecule has 1 amide bonds. The molecule has 0 fully saturated rings. The molecule has 0 aliphatic heterocycles. The van der Waals surface area contributed by atoms with Crippen LogP contribution in [-0.2, 0) is 17.8 Å². The van der Waals surface area contributed by atoms with E-state index in [1.165, 1.54) is 6.08 Å². The number of aryl methyl sites for hydroxylation is 1. The van der Waals surface area contributed by atoms with Crippen molar-refractivity contribution < 1.29 is 4.79 Å². The first-order valence-electron chi connectivity index (χ1n) is 9.70. The Bertz CT molecular complexity index is 998. The average molecular weight is 411 g/mol. The van der Waals surface area contributed by atoms with E-state index >= 15 is 0 Å². The number of aromatic nitrogens is 5. The lowest BCUT2D eigenvalue weighted by atomic mass is 10.2. The molecular weight excluding hydrogens is 384 g/mol. The fraction of sp³-hybridized carbons (Fsp3) is 0.381. The van der Waals surface area contributed by atoms with E-state index in [0.29, 0.717) is 18.2 Å². The number of carbonyl (C=O) groups is 1. The van der Waals surface area contributed by atoms with Crippen LogP contribution in [0.3, 0.4) is 0 Å². The molecule has 7 nitrogen and oxygen atoms in total. The van der Waals surface area contributed by atoms with Crippen molar-refractivity contribution in [3.05, 3.63) is 48.1 Å². The van der Waals surface area contributed by atoms with E-state index in [0.717, 1.165) is 41.4 Å². The molecule has 2 heterocycles.